The average molecular weight is 718 g/mol. The fourth-order valence-corrected chi connectivity index (χ4v) is 7.54. The van der Waals surface area contributed by atoms with E-state index in [1.807, 2.05) is 6.07 Å². The molecular weight excluding hydrogens is 674 g/mol. The number of pyridine rings is 1. The molecule has 2 aromatic rings. The summed E-state index contributed by atoms with van der Waals surface area (Å²) >= 11 is 6.26. The number of carbonyl (C=O) groups excluding carboxylic acids is 4. The Bertz CT molecular complexity index is 1780. The number of fused-ring (bicyclic) bond motifs is 1. The zero-order valence-electron chi connectivity index (χ0n) is 28.5. The molecule has 13 nitrogen and oxygen atoms in total. The molecule has 0 bridgehead atoms. The van der Waals surface area contributed by atoms with E-state index < -0.39 is 79.7 Å². The van der Waals surface area contributed by atoms with Crippen LogP contribution in [0.4, 0.5) is 4.79 Å². The number of amides is 4. The number of nitrogens with zero attached hydrogens (tertiary/aromatic N) is 2. The lowest BCUT2D eigenvalue weighted by Gasteiger charge is -2.36. The van der Waals surface area contributed by atoms with Crippen molar-refractivity contribution in [3.05, 3.63) is 48.1 Å². The van der Waals surface area contributed by atoms with Gasteiger partial charge in [-0.25, -0.2) is 18.2 Å². The Morgan fingerprint density at radius 1 is 1.12 bits per heavy atom. The lowest BCUT2D eigenvalue weighted by atomic mass is 9.85. The molecule has 49 heavy (non-hydrogen) atoms. The number of nitrogens with one attached hydrogen (secondary N) is 3. The zero-order chi connectivity index (χ0) is 36.1. The van der Waals surface area contributed by atoms with Gasteiger partial charge in [-0.2, -0.15) is 0 Å². The Kier molecular flexibility index (Phi) is 9.71. The first kappa shape index (κ1) is 36.4. The van der Waals surface area contributed by atoms with Crippen molar-refractivity contribution < 1.29 is 37.1 Å². The number of likely N-dealkylation sites (tertiary alicyclic amines) is 1. The van der Waals surface area contributed by atoms with E-state index in [2.05, 4.69) is 26.9 Å². The van der Waals surface area contributed by atoms with Crippen LogP contribution in [-0.4, -0.2) is 83.2 Å². The molecule has 4 amide bonds. The van der Waals surface area contributed by atoms with Gasteiger partial charge in [0.1, 0.15) is 29.3 Å². The maximum atomic E-state index is 14.4. The summed E-state index contributed by atoms with van der Waals surface area (Å²) in [6, 6.07) is 4.80. The molecule has 1 aliphatic heterocycles. The summed E-state index contributed by atoms with van der Waals surface area (Å²) in [5, 5.41) is 6.74. The summed E-state index contributed by atoms with van der Waals surface area (Å²) in [5.41, 5.74) is -3.20. The molecule has 2 heterocycles. The van der Waals surface area contributed by atoms with Gasteiger partial charge in [-0.3, -0.25) is 19.1 Å². The molecule has 15 heteroatoms. The molecule has 3 aliphatic rings. The number of benzene rings is 1. The normalized spacial score (nSPS) is 24.5. The average Bonchev–Trinajstić information content (AvgIpc) is 3.91. The van der Waals surface area contributed by atoms with Gasteiger partial charge >= 0.3 is 6.09 Å². The van der Waals surface area contributed by atoms with Gasteiger partial charge in [0.2, 0.25) is 27.7 Å². The summed E-state index contributed by atoms with van der Waals surface area (Å²) in [7, 11) is -3.89. The third-order valence-electron chi connectivity index (χ3n) is 8.84. The molecule has 1 aromatic carbocycles. The second-order valence-electron chi connectivity index (χ2n) is 15.1. The van der Waals surface area contributed by atoms with Crippen molar-refractivity contribution >= 4 is 56.2 Å². The SMILES string of the molecule is C=C[C@@H]1C[C@]1(NC(=O)[C@H]1C[C@@H](Oc2nccc3ccc(Cl)cc23)CN1C(=O)[C@@H](NC(=O)OC(C)(C)C)C(C)(C)C)C(=O)NS(=O)(=O)C1CC1. The molecule has 0 unspecified atom stereocenters. The molecule has 5 atom stereocenters. The minimum atomic E-state index is -3.89. The van der Waals surface area contributed by atoms with Crippen molar-refractivity contribution in [2.75, 3.05) is 6.54 Å². The van der Waals surface area contributed by atoms with Crippen LogP contribution < -0.4 is 20.1 Å². The predicted molar refractivity (Wildman–Crippen MR) is 183 cm³/mol. The smallest absolute Gasteiger partial charge is 0.408 e. The van der Waals surface area contributed by atoms with Crippen LogP contribution in [0.15, 0.2) is 43.1 Å². The van der Waals surface area contributed by atoms with Gasteiger partial charge in [0.25, 0.3) is 5.91 Å². The minimum absolute atomic E-state index is 0.0103. The van der Waals surface area contributed by atoms with Gasteiger partial charge in [0, 0.05) is 28.9 Å². The van der Waals surface area contributed by atoms with E-state index in [-0.39, 0.29) is 25.3 Å². The number of aromatic nitrogens is 1. The predicted octanol–water partition coefficient (Wildman–Crippen LogP) is 3.85. The highest BCUT2D eigenvalue weighted by Gasteiger charge is 2.62. The van der Waals surface area contributed by atoms with Crippen LogP contribution in [0, 0.1) is 11.3 Å². The van der Waals surface area contributed by atoms with E-state index in [4.69, 9.17) is 21.1 Å². The van der Waals surface area contributed by atoms with Crippen LogP contribution in [0.5, 0.6) is 5.88 Å². The molecule has 2 saturated carbocycles. The highest BCUT2D eigenvalue weighted by atomic mass is 35.5. The van der Waals surface area contributed by atoms with Gasteiger partial charge in [-0.05, 0) is 69.0 Å². The zero-order valence-corrected chi connectivity index (χ0v) is 30.1. The largest absolute Gasteiger partial charge is 0.472 e. The molecule has 5 rings (SSSR count). The summed E-state index contributed by atoms with van der Waals surface area (Å²) in [6.45, 7) is 14.1. The van der Waals surface area contributed by atoms with Crippen LogP contribution in [0.3, 0.4) is 0 Å². The number of hydrogen-bond acceptors (Lipinski definition) is 9. The number of sulfonamides is 1. The quantitative estimate of drug-likeness (QED) is 0.309. The molecule has 2 aliphatic carbocycles. The Morgan fingerprint density at radius 3 is 2.41 bits per heavy atom. The Morgan fingerprint density at radius 2 is 1.82 bits per heavy atom. The van der Waals surface area contributed by atoms with Gasteiger partial charge < -0.3 is 25.0 Å². The van der Waals surface area contributed by atoms with Crippen LogP contribution >= 0.6 is 11.6 Å². The second kappa shape index (κ2) is 13.1. The van der Waals surface area contributed by atoms with Gasteiger partial charge in [0.15, 0.2) is 0 Å². The van der Waals surface area contributed by atoms with E-state index >= 15 is 0 Å². The van der Waals surface area contributed by atoms with Crippen molar-refractivity contribution in [3.8, 4) is 5.88 Å². The van der Waals surface area contributed by atoms with Crippen molar-refractivity contribution in [2.24, 2.45) is 11.3 Å². The molecule has 1 saturated heterocycles. The summed E-state index contributed by atoms with van der Waals surface area (Å²) < 4.78 is 39.2. The first-order chi connectivity index (χ1) is 22.7. The van der Waals surface area contributed by atoms with Crippen molar-refractivity contribution in [1.82, 2.24) is 25.2 Å². The van der Waals surface area contributed by atoms with Gasteiger partial charge in [-0.1, -0.05) is 44.5 Å². The fraction of sp³-hybridized carbons (Fsp3) is 0.559. The first-order valence-electron chi connectivity index (χ1n) is 16.3. The van der Waals surface area contributed by atoms with Gasteiger partial charge in [0.05, 0.1) is 11.8 Å². The summed E-state index contributed by atoms with van der Waals surface area (Å²) in [6.07, 6.45) is 2.60. The summed E-state index contributed by atoms with van der Waals surface area (Å²) in [5.74, 6) is -2.36. The lowest BCUT2D eigenvalue weighted by molar-refractivity contribution is -0.143. The topological polar surface area (TPSA) is 173 Å². The summed E-state index contributed by atoms with van der Waals surface area (Å²) in [4.78, 5) is 60.5. The lowest BCUT2D eigenvalue weighted by Crippen LogP contribution is -2.60. The minimum Gasteiger partial charge on any atom is -0.472 e. The molecule has 1 aromatic heterocycles. The molecule has 3 N–H and O–H groups in total. The number of carbonyl (C=O) groups is 4. The van der Waals surface area contributed by atoms with E-state index in [1.165, 1.54) is 11.0 Å². The molecule has 266 valence electrons. The van der Waals surface area contributed by atoms with Crippen molar-refractivity contribution in [1.29, 1.82) is 0 Å². The van der Waals surface area contributed by atoms with Crippen LogP contribution in [0.2, 0.25) is 5.02 Å². The highest BCUT2D eigenvalue weighted by molar-refractivity contribution is 7.91. The van der Waals surface area contributed by atoms with E-state index in [9.17, 15) is 27.6 Å². The van der Waals surface area contributed by atoms with E-state index in [0.29, 0.717) is 23.3 Å². The maximum Gasteiger partial charge on any atom is 0.408 e. The molecule has 3 fully saturated rings. The third-order valence-corrected chi connectivity index (χ3v) is 10.9. The number of halogens is 1. The van der Waals surface area contributed by atoms with E-state index in [1.54, 1.807) is 65.9 Å². The second-order valence-corrected chi connectivity index (χ2v) is 17.5. The van der Waals surface area contributed by atoms with Crippen molar-refractivity contribution in [3.63, 3.8) is 0 Å². The van der Waals surface area contributed by atoms with Crippen LogP contribution in [0.1, 0.15) is 67.2 Å². The Balaban J connectivity index is 1.44. The van der Waals surface area contributed by atoms with Crippen LogP contribution in [0.25, 0.3) is 10.8 Å². The number of ether oxygens (including phenoxy) is 2. The van der Waals surface area contributed by atoms with Crippen LogP contribution in [-0.2, 0) is 29.1 Å². The number of alkyl carbamates (subject to hydrolysis) is 1. The maximum absolute atomic E-state index is 14.4. The molecular formula is C34H44ClN5O8S. The Hall–Kier alpha value is -3.91. The highest BCUT2D eigenvalue weighted by Crippen LogP contribution is 2.45. The van der Waals surface area contributed by atoms with Gasteiger partial charge in [-0.15, -0.1) is 6.58 Å². The first-order valence-corrected chi connectivity index (χ1v) is 18.2. The van der Waals surface area contributed by atoms with Crippen molar-refractivity contribution in [2.45, 2.75) is 102 Å². The third kappa shape index (κ3) is 8.12. The fourth-order valence-electron chi connectivity index (χ4n) is 6.00. The molecule has 0 spiro atoms. The standard InChI is InChI=1S/C34H44ClN5O8S/c1-8-20-17-34(20,30(43)39-49(45,46)23-11-12-23)38-27(41)25-16-22(47-28-24-15-21(35)10-9-19(24)13-14-36-28)18-40(25)29(42)26(32(2,3)4)37-31(44)48-33(5,6)7/h8-10,13-15,20,22-23,25-26H,1,11-12,16-18H2,2-7H3,(H,37,44)(H,38,41)(H,39,43)/t20-,22-,25-,26-,34-/m1/s1. The number of rotatable bonds is 10. The Labute approximate surface area is 291 Å². The van der Waals surface area contributed by atoms with E-state index in [0.717, 1.165) is 5.39 Å². The monoisotopic (exact) mass is 717 g/mol. The molecule has 0 radical (unpaired) electrons. The number of hydrogen-bond donors (Lipinski definition) is 3.